The molecule has 1 rings (SSSR count). The Bertz CT molecular complexity index is 599. The number of nitrogens with zero attached hydrogens (tertiary/aromatic N) is 1. The van der Waals surface area contributed by atoms with Crippen LogP contribution in [-0.4, -0.2) is 13.3 Å². The van der Waals surface area contributed by atoms with Crippen molar-refractivity contribution in [1.29, 1.82) is 0 Å². The lowest BCUT2D eigenvalue weighted by Crippen LogP contribution is -1.84. The molecule has 0 bridgehead atoms. The third-order valence-electron chi connectivity index (χ3n) is 3.09. The molecule has 1 nitrogen and oxygen atoms in total. The zero-order valence-electron chi connectivity index (χ0n) is 13.1. The molecule has 0 heterocycles. The largest absolute Gasteiger partial charge is 0.297 e. The Morgan fingerprint density at radius 2 is 1.48 bits per heavy atom. The number of rotatable bonds is 5. The molecule has 21 heavy (non-hydrogen) atoms. The van der Waals surface area contributed by atoms with Crippen molar-refractivity contribution < 1.29 is 0 Å². The van der Waals surface area contributed by atoms with Crippen LogP contribution in [0.3, 0.4) is 0 Å². The summed E-state index contributed by atoms with van der Waals surface area (Å²) in [4.78, 5) is 3.97. The fourth-order valence-electron chi connectivity index (χ4n) is 1.79. The van der Waals surface area contributed by atoms with Crippen molar-refractivity contribution in [2.24, 2.45) is 4.99 Å². The van der Waals surface area contributed by atoms with Gasteiger partial charge in [-0.05, 0) is 61.3 Å². The number of allylic oxidation sites excluding steroid dienone is 8. The summed E-state index contributed by atoms with van der Waals surface area (Å²) < 4.78 is 0. The molecule has 0 spiro atoms. The first-order valence-electron chi connectivity index (χ1n) is 6.95. The second-order valence-corrected chi connectivity index (χ2v) is 5.17. The Kier molecular flexibility index (Phi) is 7.49. The van der Waals surface area contributed by atoms with E-state index in [1.165, 1.54) is 22.3 Å². The maximum atomic E-state index is 6.04. The van der Waals surface area contributed by atoms with E-state index >= 15 is 0 Å². The summed E-state index contributed by atoms with van der Waals surface area (Å²) in [6.45, 7) is 6.11. The molecular weight excluding hydrogens is 278 g/mol. The molecule has 0 fully saturated rings. The van der Waals surface area contributed by atoms with Crippen molar-refractivity contribution in [3.8, 4) is 0 Å². The minimum absolute atomic E-state index is 0.728. The van der Waals surface area contributed by atoms with E-state index in [9.17, 15) is 0 Å². The van der Waals surface area contributed by atoms with Gasteiger partial charge in [-0.25, -0.2) is 0 Å². The summed E-state index contributed by atoms with van der Waals surface area (Å²) in [7, 11) is 1.77. The Balaban J connectivity index is 2.92. The summed E-state index contributed by atoms with van der Waals surface area (Å²) in [6, 6.07) is 8.50. The monoisotopic (exact) mass is 299 g/mol. The summed E-state index contributed by atoms with van der Waals surface area (Å²) in [5.74, 6) is 0. The maximum absolute atomic E-state index is 6.04. The molecule has 0 aromatic heterocycles. The highest BCUT2D eigenvalue weighted by molar-refractivity contribution is 6.31. The molecule has 0 saturated carbocycles. The third-order valence-corrected chi connectivity index (χ3v) is 3.34. The molecule has 0 radical (unpaired) electrons. The van der Waals surface area contributed by atoms with Crippen LogP contribution in [0, 0.1) is 0 Å². The van der Waals surface area contributed by atoms with Gasteiger partial charge in [0, 0.05) is 18.3 Å². The number of hydrogen-bond acceptors (Lipinski definition) is 1. The van der Waals surface area contributed by atoms with Crippen molar-refractivity contribution in [2.75, 3.05) is 7.05 Å². The standard InChI is InChI=1S/C19H22ClN/c1-5-6-19(20)12-7-15(2)17-8-10-18(11-9-17)16(3)13-14-21-4/h5-14H,1-4H3/b6-5-,15-7+,16-13+,19-12+,21-14?. The van der Waals surface area contributed by atoms with Gasteiger partial charge in [0.2, 0.25) is 0 Å². The van der Waals surface area contributed by atoms with Gasteiger partial charge in [-0.1, -0.05) is 48.0 Å². The highest BCUT2D eigenvalue weighted by Crippen LogP contribution is 2.19. The second-order valence-electron chi connectivity index (χ2n) is 4.74. The van der Waals surface area contributed by atoms with Gasteiger partial charge in [0.15, 0.2) is 0 Å². The molecule has 0 unspecified atom stereocenters. The van der Waals surface area contributed by atoms with Crippen LogP contribution in [0.1, 0.15) is 31.9 Å². The predicted molar refractivity (Wildman–Crippen MR) is 96.9 cm³/mol. The van der Waals surface area contributed by atoms with Crippen LogP contribution in [0.25, 0.3) is 11.1 Å². The van der Waals surface area contributed by atoms with E-state index in [0.29, 0.717) is 0 Å². The first-order valence-corrected chi connectivity index (χ1v) is 7.33. The zero-order chi connectivity index (χ0) is 15.7. The van der Waals surface area contributed by atoms with Gasteiger partial charge in [-0.2, -0.15) is 0 Å². The number of hydrogen-bond donors (Lipinski definition) is 0. The van der Waals surface area contributed by atoms with Crippen LogP contribution < -0.4 is 0 Å². The number of benzene rings is 1. The van der Waals surface area contributed by atoms with Gasteiger partial charge < -0.3 is 0 Å². The maximum Gasteiger partial charge on any atom is 0.0402 e. The lowest BCUT2D eigenvalue weighted by molar-refractivity contribution is 1.47. The van der Waals surface area contributed by atoms with Crippen molar-refractivity contribution in [3.63, 3.8) is 0 Å². The van der Waals surface area contributed by atoms with Gasteiger partial charge >= 0.3 is 0 Å². The van der Waals surface area contributed by atoms with E-state index in [0.717, 1.165) is 5.03 Å². The molecule has 0 N–H and O–H groups in total. The van der Waals surface area contributed by atoms with Crippen molar-refractivity contribution >= 4 is 29.0 Å². The van der Waals surface area contributed by atoms with Gasteiger partial charge in [0.25, 0.3) is 0 Å². The van der Waals surface area contributed by atoms with Crippen molar-refractivity contribution in [1.82, 2.24) is 0 Å². The SMILES string of the molecule is C\C=C/C(Cl)=C\C=C(/C)c1ccc(/C(C)=C/C=NC)cc1. The lowest BCUT2D eigenvalue weighted by atomic mass is 10.0. The van der Waals surface area contributed by atoms with Crippen molar-refractivity contribution in [3.05, 3.63) is 70.8 Å². The Morgan fingerprint density at radius 1 is 0.952 bits per heavy atom. The Morgan fingerprint density at radius 3 is 1.95 bits per heavy atom. The summed E-state index contributed by atoms with van der Waals surface area (Å²) >= 11 is 6.04. The molecule has 0 atom stereocenters. The molecular formula is C19H22ClN. The molecule has 0 amide bonds. The van der Waals surface area contributed by atoms with Gasteiger partial charge in [-0.3, -0.25) is 4.99 Å². The molecule has 0 aliphatic rings. The quantitative estimate of drug-likeness (QED) is 0.474. The molecule has 0 aliphatic heterocycles. The van der Waals surface area contributed by atoms with Crippen molar-refractivity contribution in [2.45, 2.75) is 20.8 Å². The molecule has 0 saturated heterocycles. The topological polar surface area (TPSA) is 12.4 Å². The Hall–Kier alpha value is -1.86. The van der Waals surface area contributed by atoms with Gasteiger partial charge in [-0.15, -0.1) is 0 Å². The van der Waals surface area contributed by atoms with Crippen LogP contribution in [0.2, 0.25) is 0 Å². The first kappa shape index (κ1) is 17.2. The van der Waals surface area contributed by atoms with E-state index < -0.39 is 0 Å². The minimum Gasteiger partial charge on any atom is -0.297 e. The molecule has 2 heteroatoms. The summed E-state index contributed by atoms with van der Waals surface area (Å²) in [5, 5.41) is 0.728. The highest BCUT2D eigenvalue weighted by Gasteiger charge is 1.98. The van der Waals surface area contributed by atoms with Crippen LogP contribution in [0.15, 0.2) is 64.7 Å². The fraction of sp³-hybridized carbons (Fsp3) is 0.211. The normalized spacial score (nSPS) is 14.4. The van der Waals surface area contributed by atoms with Crippen LogP contribution in [0.4, 0.5) is 0 Å². The molecule has 0 aliphatic carbocycles. The smallest absolute Gasteiger partial charge is 0.0402 e. The summed E-state index contributed by atoms with van der Waals surface area (Å²) in [5.41, 5.74) is 4.77. The number of halogens is 1. The number of aliphatic imine (C=N–C) groups is 1. The van der Waals surface area contributed by atoms with Crippen LogP contribution in [0.5, 0.6) is 0 Å². The van der Waals surface area contributed by atoms with Crippen LogP contribution in [-0.2, 0) is 0 Å². The van der Waals surface area contributed by atoms with E-state index in [1.54, 1.807) is 7.05 Å². The van der Waals surface area contributed by atoms with Gasteiger partial charge in [0.05, 0.1) is 0 Å². The minimum atomic E-state index is 0.728. The Labute approximate surface area is 133 Å². The van der Waals surface area contributed by atoms with E-state index in [-0.39, 0.29) is 0 Å². The molecule has 1 aromatic rings. The zero-order valence-corrected chi connectivity index (χ0v) is 13.9. The van der Waals surface area contributed by atoms with E-state index in [1.807, 2.05) is 43.5 Å². The van der Waals surface area contributed by atoms with E-state index in [4.69, 9.17) is 11.6 Å². The first-order chi connectivity index (χ1) is 10.1. The van der Waals surface area contributed by atoms with Crippen LogP contribution >= 0.6 is 11.6 Å². The van der Waals surface area contributed by atoms with Gasteiger partial charge in [0.1, 0.15) is 0 Å². The summed E-state index contributed by atoms with van der Waals surface area (Å²) in [6.07, 6.45) is 11.6. The molecule has 110 valence electrons. The predicted octanol–water partition coefficient (Wildman–Crippen LogP) is 5.89. The lowest BCUT2D eigenvalue weighted by Gasteiger charge is -2.04. The van der Waals surface area contributed by atoms with E-state index in [2.05, 4.69) is 43.1 Å². The third kappa shape index (κ3) is 5.97. The average molecular weight is 300 g/mol. The second kappa shape index (κ2) is 9.15. The highest BCUT2D eigenvalue weighted by atomic mass is 35.5. The fourth-order valence-corrected chi connectivity index (χ4v) is 1.98. The molecule has 1 aromatic carbocycles. The average Bonchev–Trinajstić information content (AvgIpc) is 2.50.